The maximum Gasteiger partial charge on any atom is 0.320 e. The Bertz CT molecular complexity index is 1210. The largest absolute Gasteiger partial charge is 0.505 e. The Morgan fingerprint density at radius 2 is 1.97 bits per heavy atom. The summed E-state index contributed by atoms with van der Waals surface area (Å²) < 4.78 is 28.3. The predicted octanol–water partition coefficient (Wildman–Crippen LogP) is 3.44. The molecule has 4 N–H and O–H groups in total. The zero-order valence-electron chi connectivity index (χ0n) is 16.1. The third kappa shape index (κ3) is 5.07. The number of amides is 2. The average Bonchev–Trinajstić information content (AvgIpc) is 3.17. The molecule has 31 heavy (non-hydrogen) atoms. The van der Waals surface area contributed by atoms with Crippen molar-refractivity contribution in [1.29, 1.82) is 0 Å². The van der Waals surface area contributed by atoms with Gasteiger partial charge in [0.05, 0.1) is 12.5 Å². The lowest BCUT2D eigenvalue weighted by atomic mass is 10.1. The van der Waals surface area contributed by atoms with E-state index < -0.39 is 47.4 Å². The number of nitrogens with one attached hydrogen (secondary N) is 2. The number of aromatic hydroxyl groups is 1. The van der Waals surface area contributed by atoms with E-state index in [1.807, 2.05) is 0 Å². The Hall–Kier alpha value is -3.73. The van der Waals surface area contributed by atoms with Gasteiger partial charge in [-0.05, 0) is 35.2 Å². The molecule has 0 aliphatic rings. The number of nitrogens with zero attached hydrogens (tertiary/aromatic N) is 1. The smallest absolute Gasteiger partial charge is 0.320 e. The normalized spacial score (nSPS) is 11.7. The Morgan fingerprint density at radius 3 is 2.65 bits per heavy atom. The first-order valence-corrected chi connectivity index (χ1v) is 9.75. The highest BCUT2D eigenvalue weighted by molar-refractivity contribution is 7.10. The number of hydrogen-bond donors (Lipinski definition) is 4. The minimum atomic E-state index is -1.20. The maximum absolute atomic E-state index is 14.1. The maximum atomic E-state index is 14.1. The third-order valence-electron chi connectivity index (χ3n) is 4.37. The van der Waals surface area contributed by atoms with Gasteiger partial charge in [-0.3, -0.25) is 9.59 Å². The Labute approximate surface area is 178 Å². The molecular weight excluding hydrogens is 432 g/mol. The second-order valence-corrected chi connectivity index (χ2v) is 7.55. The molecule has 0 radical (unpaired) electrons. The highest BCUT2D eigenvalue weighted by Gasteiger charge is 2.22. The fraction of sp³-hybridized carbons (Fsp3) is 0.150. The van der Waals surface area contributed by atoms with Crippen LogP contribution < -0.4 is 16.2 Å². The van der Waals surface area contributed by atoms with Gasteiger partial charge in [0.1, 0.15) is 17.4 Å². The van der Waals surface area contributed by atoms with E-state index in [0.29, 0.717) is 10.4 Å². The molecule has 3 rings (SSSR count). The molecule has 11 heteroatoms. The van der Waals surface area contributed by atoms with Crippen LogP contribution in [0.25, 0.3) is 11.1 Å². The molecule has 2 amide bonds. The minimum Gasteiger partial charge on any atom is -0.505 e. The molecule has 0 spiro atoms. The van der Waals surface area contributed by atoms with Crippen molar-refractivity contribution in [3.63, 3.8) is 0 Å². The van der Waals surface area contributed by atoms with Gasteiger partial charge in [-0.1, -0.05) is 0 Å². The van der Waals surface area contributed by atoms with Gasteiger partial charge < -0.3 is 25.4 Å². The van der Waals surface area contributed by atoms with E-state index in [1.54, 1.807) is 5.38 Å². The molecule has 2 aromatic heterocycles. The lowest BCUT2D eigenvalue weighted by Gasteiger charge is -2.16. The van der Waals surface area contributed by atoms with Gasteiger partial charge in [-0.15, -0.1) is 11.3 Å². The first-order valence-electron chi connectivity index (χ1n) is 8.87. The van der Waals surface area contributed by atoms with Crippen molar-refractivity contribution in [2.75, 3.05) is 5.32 Å². The number of rotatable bonds is 6. The van der Waals surface area contributed by atoms with Crippen LogP contribution in [-0.2, 0) is 11.8 Å². The standard InChI is InChI=1S/C20H17F2N3O5S/c1-25-5-4-15(26)18(19(25)29)24-20(30)23-14(8-17(27)28)16-6-10(9-31-16)12-3-2-11(21)7-13(12)22/h2-7,9,14,26H,8H2,1H3,(H,27,28)(H2,23,24,30). The summed E-state index contributed by atoms with van der Waals surface area (Å²) in [5.74, 6) is -3.15. The number of carboxylic acid groups (broad SMARTS) is 1. The van der Waals surface area contributed by atoms with Crippen LogP contribution in [-0.4, -0.2) is 26.8 Å². The molecule has 0 saturated carbocycles. The van der Waals surface area contributed by atoms with E-state index in [9.17, 15) is 33.4 Å². The molecule has 0 aliphatic carbocycles. The molecule has 1 unspecified atom stereocenters. The summed E-state index contributed by atoms with van der Waals surface area (Å²) in [5, 5.41) is 25.3. The highest BCUT2D eigenvalue weighted by Crippen LogP contribution is 2.32. The lowest BCUT2D eigenvalue weighted by Crippen LogP contribution is -2.35. The number of hydrogen-bond acceptors (Lipinski definition) is 5. The molecule has 1 atom stereocenters. The Balaban J connectivity index is 1.84. The summed E-state index contributed by atoms with van der Waals surface area (Å²) in [5.41, 5.74) is -0.503. The SMILES string of the molecule is Cn1ccc(O)c(NC(=O)NC(CC(=O)O)c2cc(-c3ccc(F)cc3F)cs2)c1=O. The zero-order valence-corrected chi connectivity index (χ0v) is 16.9. The van der Waals surface area contributed by atoms with Crippen molar-refractivity contribution < 1.29 is 28.6 Å². The number of aryl methyl sites for hydroxylation is 1. The summed E-state index contributed by atoms with van der Waals surface area (Å²) in [6, 6.07) is 3.89. The monoisotopic (exact) mass is 449 g/mol. The van der Waals surface area contributed by atoms with Crippen molar-refractivity contribution >= 4 is 29.0 Å². The van der Waals surface area contributed by atoms with Gasteiger partial charge in [0.2, 0.25) is 0 Å². The number of aromatic nitrogens is 1. The number of carbonyl (C=O) groups is 2. The number of urea groups is 1. The molecule has 0 bridgehead atoms. The van der Waals surface area contributed by atoms with Crippen LogP contribution in [0.3, 0.4) is 0 Å². The molecule has 1 aromatic carbocycles. The Morgan fingerprint density at radius 1 is 1.23 bits per heavy atom. The first-order chi connectivity index (χ1) is 14.7. The van der Waals surface area contributed by atoms with Crippen molar-refractivity contribution in [1.82, 2.24) is 9.88 Å². The van der Waals surface area contributed by atoms with Gasteiger partial charge in [0.25, 0.3) is 5.56 Å². The summed E-state index contributed by atoms with van der Waals surface area (Å²) in [4.78, 5) is 36.2. The predicted molar refractivity (Wildman–Crippen MR) is 110 cm³/mol. The second kappa shape index (κ2) is 8.96. The Kier molecular flexibility index (Phi) is 6.35. The number of thiophene rings is 1. The molecule has 2 heterocycles. The van der Waals surface area contributed by atoms with Crippen LogP contribution in [0.1, 0.15) is 17.3 Å². The van der Waals surface area contributed by atoms with E-state index >= 15 is 0 Å². The number of pyridine rings is 1. The number of carboxylic acids is 1. The minimum absolute atomic E-state index is 0.125. The van der Waals surface area contributed by atoms with E-state index in [-0.39, 0.29) is 11.3 Å². The lowest BCUT2D eigenvalue weighted by molar-refractivity contribution is -0.137. The fourth-order valence-corrected chi connectivity index (χ4v) is 3.80. The number of anilines is 1. The van der Waals surface area contributed by atoms with E-state index in [4.69, 9.17) is 0 Å². The van der Waals surface area contributed by atoms with Gasteiger partial charge in [0.15, 0.2) is 5.69 Å². The van der Waals surface area contributed by atoms with E-state index in [1.165, 1.54) is 31.4 Å². The van der Waals surface area contributed by atoms with Crippen molar-refractivity contribution in [2.24, 2.45) is 7.05 Å². The number of halogens is 2. The molecule has 8 nitrogen and oxygen atoms in total. The van der Waals surface area contributed by atoms with Crippen LogP contribution in [0.2, 0.25) is 0 Å². The summed E-state index contributed by atoms with van der Waals surface area (Å²) >= 11 is 1.08. The van der Waals surface area contributed by atoms with Gasteiger partial charge in [0, 0.05) is 29.8 Å². The topological polar surface area (TPSA) is 121 Å². The number of carbonyl (C=O) groups excluding carboxylic acids is 1. The third-order valence-corrected chi connectivity index (χ3v) is 5.42. The molecular formula is C20H17F2N3O5S. The van der Waals surface area contributed by atoms with Crippen LogP contribution in [0.5, 0.6) is 5.75 Å². The average molecular weight is 449 g/mol. The highest BCUT2D eigenvalue weighted by atomic mass is 32.1. The summed E-state index contributed by atoms with van der Waals surface area (Å²) in [6.45, 7) is 0. The molecule has 0 fully saturated rings. The number of aliphatic carboxylic acids is 1. The number of benzene rings is 1. The molecule has 0 saturated heterocycles. The summed E-state index contributed by atoms with van der Waals surface area (Å²) in [7, 11) is 1.43. The molecule has 162 valence electrons. The van der Waals surface area contributed by atoms with Gasteiger partial charge in [-0.25, -0.2) is 13.6 Å². The van der Waals surface area contributed by atoms with Crippen LogP contribution in [0, 0.1) is 11.6 Å². The van der Waals surface area contributed by atoms with Crippen LogP contribution in [0.15, 0.2) is 46.7 Å². The van der Waals surface area contributed by atoms with E-state index in [2.05, 4.69) is 10.6 Å². The fourth-order valence-electron chi connectivity index (χ4n) is 2.84. The first kappa shape index (κ1) is 22.0. The van der Waals surface area contributed by atoms with Gasteiger partial charge >= 0.3 is 12.0 Å². The van der Waals surface area contributed by atoms with E-state index in [0.717, 1.165) is 28.0 Å². The molecule has 0 aliphatic heterocycles. The quantitative estimate of drug-likeness (QED) is 0.460. The van der Waals surface area contributed by atoms with Crippen molar-refractivity contribution in [2.45, 2.75) is 12.5 Å². The zero-order chi connectivity index (χ0) is 22.7. The second-order valence-electron chi connectivity index (χ2n) is 6.60. The summed E-state index contributed by atoms with van der Waals surface area (Å²) in [6.07, 6.45) is 0.827. The van der Waals surface area contributed by atoms with Crippen molar-refractivity contribution in [3.8, 4) is 16.9 Å². The van der Waals surface area contributed by atoms with Crippen LogP contribution in [0.4, 0.5) is 19.3 Å². The van der Waals surface area contributed by atoms with Crippen LogP contribution >= 0.6 is 11.3 Å². The van der Waals surface area contributed by atoms with Gasteiger partial charge in [-0.2, -0.15) is 0 Å². The van der Waals surface area contributed by atoms with Crippen molar-refractivity contribution in [3.05, 3.63) is 68.8 Å². The molecule has 3 aromatic rings.